The lowest BCUT2D eigenvalue weighted by atomic mass is 10.2. The van der Waals surface area contributed by atoms with E-state index in [0.29, 0.717) is 0 Å². The van der Waals surface area contributed by atoms with Gasteiger partial charge < -0.3 is 5.32 Å². The van der Waals surface area contributed by atoms with Gasteiger partial charge in [0.15, 0.2) is 5.11 Å². The Bertz CT molecular complexity index is 407. The Morgan fingerprint density at radius 3 is 2.56 bits per heavy atom. The molecule has 1 rings (SSSR count). The maximum atomic E-state index is 13.2. The SMILES string of the molecule is CC(C)NC(=S)NC(=O)c1ccccc1F. The Hall–Kier alpha value is -1.49. The maximum Gasteiger partial charge on any atom is 0.260 e. The topological polar surface area (TPSA) is 41.1 Å². The quantitative estimate of drug-likeness (QED) is 0.775. The van der Waals surface area contributed by atoms with E-state index in [2.05, 4.69) is 10.6 Å². The third-order valence-electron chi connectivity index (χ3n) is 1.77. The molecule has 5 heteroatoms. The average molecular weight is 240 g/mol. The molecule has 2 N–H and O–H groups in total. The molecule has 0 atom stereocenters. The number of carbonyl (C=O) groups is 1. The van der Waals surface area contributed by atoms with Crippen molar-refractivity contribution in [2.24, 2.45) is 0 Å². The third kappa shape index (κ3) is 3.58. The summed E-state index contributed by atoms with van der Waals surface area (Å²) in [5, 5.41) is 5.45. The van der Waals surface area contributed by atoms with Crippen molar-refractivity contribution in [2.75, 3.05) is 0 Å². The highest BCUT2D eigenvalue weighted by molar-refractivity contribution is 7.80. The van der Waals surface area contributed by atoms with Gasteiger partial charge in [0.2, 0.25) is 0 Å². The van der Waals surface area contributed by atoms with E-state index in [1.165, 1.54) is 18.2 Å². The Morgan fingerprint density at radius 2 is 2.00 bits per heavy atom. The fourth-order valence-electron chi connectivity index (χ4n) is 1.11. The molecule has 1 aromatic rings. The summed E-state index contributed by atoms with van der Waals surface area (Å²) in [5.41, 5.74) is -0.0181. The molecular formula is C11H13FN2OS. The number of hydrogen-bond acceptors (Lipinski definition) is 2. The lowest BCUT2D eigenvalue weighted by molar-refractivity contribution is 0.0972. The van der Waals surface area contributed by atoms with E-state index in [9.17, 15) is 9.18 Å². The number of hydrogen-bond donors (Lipinski definition) is 2. The summed E-state index contributed by atoms with van der Waals surface area (Å²) in [7, 11) is 0. The van der Waals surface area contributed by atoms with Crippen molar-refractivity contribution in [3.8, 4) is 0 Å². The van der Waals surface area contributed by atoms with Crippen LogP contribution in [0.15, 0.2) is 24.3 Å². The van der Waals surface area contributed by atoms with Crippen LogP contribution in [0.2, 0.25) is 0 Å². The molecule has 0 bridgehead atoms. The number of rotatable bonds is 2. The predicted molar refractivity (Wildman–Crippen MR) is 64.7 cm³/mol. The molecule has 0 spiro atoms. The molecule has 0 aliphatic heterocycles. The van der Waals surface area contributed by atoms with Crippen molar-refractivity contribution in [3.63, 3.8) is 0 Å². The normalized spacial score (nSPS) is 10.0. The molecule has 0 aliphatic carbocycles. The molecule has 1 aromatic carbocycles. The van der Waals surface area contributed by atoms with Crippen LogP contribution in [0.1, 0.15) is 24.2 Å². The number of carbonyl (C=O) groups excluding carboxylic acids is 1. The molecule has 0 saturated carbocycles. The van der Waals surface area contributed by atoms with Crippen molar-refractivity contribution in [2.45, 2.75) is 19.9 Å². The van der Waals surface area contributed by atoms with Gasteiger partial charge in [0.25, 0.3) is 5.91 Å². The van der Waals surface area contributed by atoms with E-state index in [-0.39, 0.29) is 16.7 Å². The van der Waals surface area contributed by atoms with Crippen LogP contribution in [0.25, 0.3) is 0 Å². The smallest absolute Gasteiger partial charge is 0.260 e. The lowest BCUT2D eigenvalue weighted by Crippen LogP contribution is -2.42. The first-order chi connectivity index (χ1) is 7.50. The molecule has 16 heavy (non-hydrogen) atoms. The maximum absolute atomic E-state index is 13.2. The monoisotopic (exact) mass is 240 g/mol. The molecular weight excluding hydrogens is 227 g/mol. The van der Waals surface area contributed by atoms with E-state index in [0.717, 1.165) is 0 Å². The molecule has 0 heterocycles. The van der Waals surface area contributed by atoms with Gasteiger partial charge in [-0.3, -0.25) is 10.1 Å². The zero-order valence-corrected chi connectivity index (χ0v) is 9.90. The number of benzene rings is 1. The average Bonchev–Trinajstić information content (AvgIpc) is 2.16. The van der Waals surface area contributed by atoms with E-state index in [4.69, 9.17) is 12.2 Å². The van der Waals surface area contributed by atoms with E-state index in [1.807, 2.05) is 13.8 Å². The summed E-state index contributed by atoms with van der Waals surface area (Å²) < 4.78 is 13.2. The van der Waals surface area contributed by atoms with Gasteiger partial charge in [0.1, 0.15) is 5.82 Å². The standard InChI is InChI=1S/C11H13FN2OS/c1-7(2)13-11(16)14-10(15)8-5-3-4-6-9(8)12/h3-7H,1-2H3,(H2,13,14,15,16). The third-order valence-corrected chi connectivity index (χ3v) is 1.99. The van der Waals surface area contributed by atoms with E-state index in [1.54, 1.807) is 6.07 Å². The zero-order valence-electron chi connectivity index (χ0n) is 9.08. The van der Waals surface area contributed by atoms with Gasteiger partial charge in [-0.05, 0) is 38.2 Å². The molecule has 3 nitrogen and oxygen atoms in total. The molecule has 0 radical (unpaired) electrons. The highest BCUT2D eigenvalue weighted by atomic mass is 32.1. The Labute approximate surface area is 99.0 Å². The minimum absolute atomic E-state index is 0.0181. The number of amides is 1. The first-order valence-electron chi connectivity index (χ1n) is 4.87. The molecule has 0 aliphatic rings. The fraction of sp³-hybridized carbons (Fsp3) is 0.273. The van der Waals surface area contributed by atoms with Gasteiger partial charge in [-0.25, -0.2) is 4.39 Å². The fourth-order valence-corrected chi connectivity index (χ4v) is 1.44. The number of nitrogens with one attached hydrogen (secondary N) is 2. The first kappa shape index (κ1) is 12.6. The highest BCUT2D eigenvalue weighted by Gasteiger charge is 2.12. The summed E-state index contributed by atoms with van der Waals surface area (Å²) >= 11 is 4.88. The Morgan fingerprint density at radius 1 is 1.38 bits per heavy atom. The first-order valence-corrected chi connectivity index (χ1v) is 5.28. The largest absolute Gasteiger partial charge is 0.360 e. The summed E-state index contributed by atoms with van der Waals surface area (Å²) in [6, 6.07) is 5.87. The summed E-state index contributed by atoms with van der Waals surface area (Å²) in [4.78, 5) is 11.6. The van der Waals surface area contributed by atoms with Gasteiger partial charge in [-0.15, -0.1) is 0 Å². The molecule has 0 unspecified atom stereocenters. The van der Waals surface area contributed by atoms with Gasteiger partial charge in [0, 0.05) is 6.04 Å². The summed E-state index contributed by atoms with van der Waals surface area (Å²) in [6.45, 7) is 3.78. The second kappa shape index (κ2) is 5.55. The van der Waals surface area contributed by atoms with Gasteiger partial charge in [0.05, 0.1) is 5.56 Å². The van der Waals surface area contributed by atoms with Crippen molar-refractivity contribution in [1.82, 2.24) is 10.6 Å². The van der Waals surface area contributed by atoms with Crippen molar-refractivity contribution < 1.29 is 9.18 Å². The van der Waals surface area contributed by atoms with Crippen LogP contribution in [0.3, 0.4) is 0 Å². The van der Waals surface area contributed by atoms with E-state index >= 15 is 0 Å². The second-order valence-corrected chi connectivity index (χ2v) is 3.97. The van der Waals surface area contributed by atoms with E-state index < -0.39 is 11.7 Å². The van der Waals surface area contributed by atoms with Crippen LogP contribution in [-0.4, -0.2) is 17.1 Å². The van der Waals surface area contributed by atoms with Gasteiger partial charge in [-0.2, -0.15) is 0 Å². The molecule has 1 amide bonds. The van der Waals surface area contributed by atoms with Crippen molar-refractivity contribution >= 4 is 23.2 Å². The summed E-state index contributed by atoms with van der Waals surface area (Å²) in [6.07, 6.45) is 0. The number of halogens is 1. The van der Waals surface area contributed by atoms with Crippen molar-refractivity contribution in [3.05, 3.63) is 35.6 Å². The van der Waals surface area contributed by atoms with Gasteiger partial charge >= 0.3 is 0 Å². The minimum Gasteiger partial charge on any atom is -0.360 e. The molecule has 0 aromatic heterocycles. The summed E-state index contributed by atoms with van der Waals surface area (Å²) in [5.74, 6) is -1.11. The molecule has 0 saturated heterocycles. The zero-order chi connectivity index (χ0) is 12.1. The highest BCUT2D eigenvalue weighted by Crippen LogP contribution is 2.05. The lowest BCUT2D eigenvalue weighted by Gasteiger charge is -2.12. The van der Waals surface area contributed by atoms with Crippen LogP contribution in [-0.2, 0) is 0 Å². The Kier molecular flexibility index (Phi) is 4.37. The second-order valence-electron chi connectivity index (χ2n) is 3.56. The minimum atomic E-state index is -0.563. The molecule has 86 valence electrons. The predicted octanol–water partition coefficient (Wildman–Crippen LogP) is 1.84. The van der Waals surface area contributed by atoms with Crippen LogP contribution in [0.4, 0.5) is 4.39 Å². The Balaban J connectivity index is 2.66. The van der Waals surface area contributed by atoms with Gasteiger partial charge in [-0.1, -0.05) is 12.1 Å². The molecule has 0 fully saturated rings. The van der Waals surface area contributed by atoms with Crippen LogP contribution >= 0.6 is 12.2 Å². The van der Waals surface area contributed by atoms with Crippen LogP contribution in [0, 0.1) is 5.82 Å². The van der Waals surface area contributed by atoms with Crippen LogP contribution < -0.4 is 10.6 Å². The van der Waals surface area contributed by atoms with Crippen LogP contribution in [0.5, 0.6) is 0 Å². The number of thiocarbonyl (C=S) groups is 1. The van der Waals surface area contributed by atoms with Crippen molar-refractivity contribution in [1.29, 1.82) is 0 Å².